The van der Waals surface area contributed by atoms with Crippen LogP contribution in [0, 0.1) is 0 Å². The second kappa shape index (κ2) is 6.44. The lowest BCUT2D eigenvalue weighted by Gasteiger charge is -2.35. The fourth-order valence-corrected chi connectivity index (χ4v) is 2.28. The van der Waals surface area contributed by atoms with Crippen molar-refractivity contribution in [2.24, 2.45) is 0 Å². The Morgan fingerprint density at radius 3 is 3.17 bits per heavy atom. The third-order valence-electron chi connectivity index (χ3n) is 3.32. The van der Waals surface area contributed by atoms with Crippen LogP contribution in [0.2, 0.25) is 0 Å². The molecule has 1 aliphatic heterocycles. The summed E-state index contributed by atoms with van der Waals surface area (Å²) in [6.07, 6.45) is 3.04. The maximum atomic E-state index is 12.1. The molecule has 1 aromatic rings. The Balaban J connectivity index is 1.76. The van der Waals surface area contributed by atoms with E-state index in [0.29, 0.717) is 24.7 Å². The molecule has 2 rings (SSSR count). The summed E-state index contributed by atoms with van der Waals surface area (Å²) >= 11 is 0. The third kappa shape index (κ3) is 3.25. The molecule has 0 saturated carbocycles. The van der Waals surface area contributed by atoms with Crippen LogP contribution in [-0.2, 0) is 11.2 Å². The van der Waals surface area contributed by atoms with Gasteiger partial charge in [-0.1, -0.05) is 12.1 Å². The van der Waals surface area contributed by atoms with Crippen molar-refractivity contribution in [2.45, 2.75) is 38.6 Å². The molecule has 100 valence electrons. The maximum absolute atomic E-state index is 12.1. The maximum Gasteiger partial charge on any atom is 0.222 e. The summed E-state index contributed by atoms with van der Waals surface area (Å²) in [5.74, 6) is 0.919. The molecule has 1 saturated heterocycles. The predicted molar refractivity (Wildman–Crippen MR) is 65.8 cm³/mol. The van der Waals surface area contributed by atoms with E-state index in [1.165, 1.54) is 0 Å². The Morgan fingerprint density at radius 2 is 2.44 bits per heavy atom. The number of nitrogens with zero attached hydrogens (tertiary/aromatic N) is 4. The minimum absolute atomic E-state index is 0.242. The third-order valence-corrected chi connectivity index (χ3v) is 3.32. The number of hydrogen-bond donors (Lipinski definition) is 2. The smallest absolute Gasteiger partial charge is 0.222 e. The lowest BCUT2D eigenvalue weighted by molar-refractivity contribution is -0.134. The van der Waals surface area contributed by atoms with Gasteiger partial charge in [-0.05, 0) is 12.8 Å². The van der Waals surface area contributed by atoms with Gasteiger partial charge in [-0.3, -0.25) is 4.79 Å². The molecule has 0 radical (unpaired) electrons. The molecule has 0 spiro atoms. The first kappa shape index (κ1) is 12.9. The van der Waals surface area contributed by atoms with Crippen LogP contribution >= 0.6 is 0 Å². The van der Waals surface area contributed by atoms with Gasteiger partial charge < -0.3 is 10.2 Å². The molecule has 1 amide bonds. The highest BCUT2D eigenvalue weighted by Gasteiger charge is 2.24. The van der Waals surface area contributed by atoms with Crippen LogP contribution in [0.5, 0.6) is 0 Å². The summed E-state index contributed by atoms with van der Waals surface area (Å²) in [5, 5.41) is 17.0. The predicted octanol–water partition coefficient (Wildman–Crippen LogP) is -0.267. The van der Waals surface area contributed by atoms with Crippen LogP contribution in [-0.4, -0.2) is 57.1 Å². The van der Waals surface area contributed by atoms with Crippen molar-refractivity contribution in [3.63, 3.8) is 0 Å². The first-order chi connectivity index (χ1) is 8.81. The molecule has 1 atom stereocenters. The van der Waals surface area contributed by atoms with E-state index in [2.05, 4.69) is 32.9 Å². The molecule has 1 fully saturated rings. The van der Waals surface area contributed by atoms with Gasteiger partial charge in [0.25, 0.3) is 0 Å². The molecule has 1 aromatic heterocycles. The van der Waals surface area contributed by atoms with Gasteiger partial charge >= 0.3 is 0 Å². The molecular formula is C11H20N6O. The number of carbonyl (C=O) groups is 1. The van der Waals surface area contributed by atoms with E-state index in [1.54, 1.807) is 0 Å². The first-order valence-electron chi connectivity index (χ1n) is 6.53. The van der Waals surface area contributed by atoms with E-state index in [-0.39, 0.29) is 5.91 Å². The number of tetrazole rings is 1. The summed E-state index contributed by atoms with van der Waals surface area (Å²) in [7, 11) is 0. The number of carbonyl (C=O) groups excluding carboxylic acids is 1. The van der Waals surface area contributed by atoms with E-state index < -0.39 is 0 Å². The lowest BCUT2D eigenvalue weighted by atomic mass is 10.1. The molecule has 18 heavy (non-hydrogen) atoms. The number of piperazine rings is 1. The van der Waals surface area contributed by atoms with Crippen molar-refractivity contribution in [1.29, 1.82) is 0 Å². The van der Waals surface area contributed by atoms with Crippen molar-refractivity contribution in [3.8, 4) is 0 Å². The quantitative estimate of drug-likeness (QED) is 0.753. The van der Waals surface area contributed by atoms with Gasteiger partial charge in [0.1, 0.15) is 0 Å². The fraction of sp³-hybridized carbons (Fsp3) is 0.818. The second-order valence-corrected chi connectivity index (χ2v) is 4.53. The van der Waals surface area contributed by atoms with Crippen molar-refractivity contribution in [3.05, 3.63) is 5.82 Å². The van der Waals surface area contributed by atoms with Crippen molar-refractivity contribution < 1.29 is 4.79 Å². The minimum Gasteiger partial charge on any atom is -0.337 e. The summed E-state index contributed by atoms with van der Waals surface area (Å²) in [6, 6.07) is 0.344. The highest BCUT2D eigenvalue weighted by atomic mass is 16.2. The number of amides is 1. The average molecular weight is 252 g/mol. The Hall–Kier alpha value is -1.50. The van der Waals surface area contributed by atoms with E-state index in [1.807, 2.05) is 4.90 Å². The monoisotopic (exact) mass is 252 g/mol. The van der Waals surface area contributed by atoms with Gasteiger partial charge in [0, 0.05) is 38.5 Å². The topological polar surface area (TPSA) is 86.8 Å². The largest absolute Gasteiger partial charge is 0.337 e. The molecule has 1 aliphatic rings. The Bertz CT molecular complexity index is 366. The number of aromatic amines is 1. The zero-order chi connectivity index (χ0) is 12.8. The van der Waals surface area contributed by atoms with Gasteiger partial charge in [0.05, 0.1) is 0 Å². The van der Waals surface area contributed by atoms with E-state index >= 15 is 0 Å². The molecule has 0 aromatic carbocycles. The first-order valence-corrected chi connectivity index (χ1v) is 6.53. The van der Waals surface area contributed by atoms with Crippen LogP contribution in [0.15, 0.2) is 0 Å². The van der Waals surface area contributed by atoms with Crippen molar-refractivity contribution >= 4 is 5.91 Å². The highest BCUT2D eigenvalue weighted by molar-refractivity contribution is 5.76. The Kier molecular flexibility index (Phi) is 4.63. The van der Waals surface area contributed by atoms with E-state index in [4.69, 9.17) is 0 Å². The SMILES string of the molecule is CCC1CNCCN1C(=O)CCCc1nn[nH]n1. The molecular weight excluding hydrogens is 232 g/mol. The lowest BCUT2D eigenvalue weighted by Crippen LogP contribution is -2.53. The van der Waals surface area contributed by atoms with E-state index in [9.17, 15) is 4.79 Å². The minimum atomic E-state index is 0.242. The fourth-order valence-electron chi connectivity index (χ4n) is 2.28. The zero-order valence-corrected chi connectivity index (χ0v) is 10.7. The van der Waals surface area contributed by atoms with Crippen molar-refractivity contribution in [1.82, 2.24) is 30.8 Å². The number of hydrogen-bond acceptors (Lipinski definition) is 5. The van der Waals surface area contributed by atoms with E-state index in [0.717, 1.165) is 32.5 Å². The van der Waals surface area contributed by atoms with Crippen LogP contribution in [0.4, 0.5) is 0 Å². The molecule has 2 heterocycles. The molecule has 7 nitrogen and oxygen atoms in total. The standard InChI is InChI=1S/C11H20N6O/c1-2-9-8-12-6-7-17(9)11(18)5-3-4-10-13-15-16-14-10/h9,12H,2-8H2,1H3,(H,13,14,15,16). The molecule has 1 unspecified atom stereocenters. The number of rotatable bonds is 5. The van der Waals surface area contributed by atoms with Gasteiger partial charge in [-0.2, -0.15) is 5.21 Å². The van der Waals surface area contributed by atoms with Crippen LogP contribution in [0.25, 0.3) is 0 Å². The Labute approximate surface area is 106 Å². The summed E-state index contributed by atoms with van der Waals surface area (Å²) in [5.41, 5.74) is 0. The van der Waals surface area contributed by atoms with Gasteiger partial charge in [-0.15, -0.1) is 10.2 Å². The van der Waals surface area contributed by atoms with Gasteiger partial charge in [0.2, 0.25) is 5.91 Å². The highest BCUT2D eigenvalue weighted by Crippen LogP contribution is 2.10. The number of aromatic nitrogens is 4. The molecule has 0 bridgehead atoms. The summed E-state index contributed by atoms with van der Waals surface area (Å²) in [6.45, 7) is 4.75. The van der Waals surface area contributed by atoms with Gasteiger partial charge in [0.15, 0.2) is 5.82 Å². The van der Waals surface area contributed by atoms with Crippen LogP contribution in [0.3, 0.4) is 0 Å². The number of aryl methyl sites for hydroxylation is 1. The average Bonchev–Trinajstić information content (AvgIpc) is 2.91. The number of H-pyrrole nitrogens is 1. The summed E-state index contributed by atoms with van der Waals surface area (Å²) in [4.78, 5) is 14.1. The van der Waals surface area contributed by atoms with Crippen LogP contribution < -0.4 is 5.32 Å². The molecule has 7 heteroatoms. The van der Waals surface area contributed by atoms with Gasteiger partial charge in [-0.25, -0.2) is 0 Å². The second-order valence-electron chi connectivity index (χ2n) is 4.53. The summed E-state index contributed by atoms with van der Waals surface area (Å²) < 4.78 is 0. The number of nitrogens with one attached hydrogen (secondary N) is 2. The molecule has 0 aliphatic carbocycles. The van der Waals surface area contributed by atoms with Crippen molar-refractivity contribution in [2.75, 3.05) is 19.6 Å². The normalized spacial score (nSPS) is 20.1. The Morgan fingerprint density at radius 1 is 1.56 bits per heavy atom. The molecule has 2 N–H and O–H groups in total. The van der Waals surface area contributed by atoms with Crippen LogP contribution in [0.1, 0.15) is 32.0 Å². The zero-order valence-electron chi connectivity index (χ0n) is 10.7.